The summed E-state index contributed by atoms with van der Waals surface area (Å²) in [5, 5.41) is 5.43. The molecular formula is C19H28N4O3. The Labute approximate surface area is 154 Å². The van der Waals surface area contributed by atoms with E-state index in [1.54, 1.807) is 20.8 Å². The third kappa shape index (κ3) is 5.21. The highest BCUT2D eigenvalue weighted by Gasteiger charge is 2.22. The summed E-state index contributed by atoms with van der Waals surface area (Å²) in [6, 6.07) is 7.76. The van der Waals surface area contributed by atoms with Crippen LogP contribution in [-0.2, 0) is 15.1 Å². The number of nitrogens with one attached hydrogen (secondary N) is 2. The summed E-state index contributed by atoms with van der Waals surface area (Å²) in [7, 11) is 0. The van der Waals surface area contributed by atoms with Crippen molar-refractivity contribution < 1.29 is 14.3 Å². The molecule has 26 heavy (non-hydrogen) atoms. The Hall–Kier alpha value is -2.57. The quantitative estimate of drug-likeness (QED) is 0.871. The number of hydrogen-bond donors (Lipinski definition) is 2. The molecule has 2 aromatic rings. The number of aromatic nitrogens is 2. The van der Waals surface area contributed by atoms with Crippen molar-refractivity contribution in [2.24, 2.45) is 0 Å². The molecule has 7 nitrogen and oxygen atoms in total. The molecule has 0 atom stereocenters. The molecule has 1 aromatic heterocycles. The predicted octanol–water partition coefficient (Wildman–Crippen LogP) is 3.64. The lowest BCUT2D eigenvalue weighted by Crippen LogP contribution is -2.34. The average Bonchev–Trinajstić information content (AvgIpc) is 2.82. The largest absolute Gasteiger partial charge is 0.444 e. The van der Waals surface area contributed by atoms with Crippen LogP contribution in [0.1, 0.15) is 48.0 Å². The molecule has 0 radical (unpaired) electrons. The summed E-state index contributed by atoms with van der Waals surface area (Å²) < 4.78 is 7.14. The van der Waals surface area contributed by atoms with Gasteiger partial charge in [-0.3, -0.25) is 10.1 Å². The minimum atomic E-state index is -0.566. The fourth-order valence-electron chi connectivity index (χ4n) is 2.57. The molecule has 2 rings (SSSR count). The van der Waals surface area contributed by atoms with Crippen molar-refractivity contribution in [3.63, 3.8) is 0 Å². The normalized spacial score (nSPS) is 12.1. The number of ether oxygens (including phenoxy) is 1. The van der Waals surface area contributed by atoms with E-state index in [1.165, 1.54) is 0 Å². The van der Waals surface area contributed by atoms with Gasteiger partial charge in [-0.25, -0.2) is 9.78 Å². The molecule has 7 heteroatoms. The standard InChI is InChI=1S/C19H28N4O3/c1-18(2,3)23-14-10-8-7-9-13(14)21-16(23)22-15(24)11-12-20-17(25)26-19(4,5)6/h7-10H,11-12H2,1-6H3,(H,20,25)(H,21,22,24). The molecule has 2 amide bonds. The van der Waals surface area contributed by atoms with Gasteiger partial charge in [-0.15, -0.1) is 0 Å². The Kier molecular flexibility index (Phi) is 5.59. The molecule has 0 spiro atoms. The van der Waals surface area contributed by atoms with Gasteiger partial charge in [0.1, 0.15) is 5.60 Å². The van der Waals surface area contributed by atoms with Crippen LogP contribution in [-0.4, -0.2) is 33.7 Å². The second-order valence-corrected chi connectivity index (χ2v) is 8.16. The summed E-state index contributed by atoms with van der Waals surface area (Å²) in [6.45, 7) is 11.7. The number of nitrogens with zero attached hydrogens (tertiary/aromatic N) is 2. The molecule has 0 aliphatic heterocycles. The van der Waals surface area contributed by atoms with E-state index in [0.29, 0.717) is 5.95 Å². The SMILES string of the molecule is CC(C)(C)OC(=O)NCCC(=O)Nc1nc2ccccc2n1C(C)(C)C. The molecule has 2 N–H and O–H groups in total. The first-order chi connectivity index (χ1) is 12.0. The van der Waals surface area contributed by atoms with Crippen molar-refractivity contribution in [2.75, 3.05) is 11.9 Å². The molecule has 142 valence electrons. The molecule has 1 heterocycles. The second kappa shape index (κ2) is 7.35. The van der Waals surface area contributed by atoms with Crippen LogP contribution >= 0.6 is 0 Å². The molecule has 0 unspecified atom stereocenters. The lowest BCUT2D eigenvalue weighted by Gasteiger charge is -2.24. The van der Waals surface area contributed by atoms with E-state index < -0.39 is 11.7 Å². The third-order valence-corrected chi connectivity index (χ3v) is 3.50. The van der Waals surface area contributed by atoms with Gasteiger partial charge in [-0.1, -0.05) is 12.1 Å². The van der Waals surface area contributed by atoms with E-state index in [-0.39, 0.29) is 24.4 Å². The van der Waals surface area contributed by atoms with Crippen LogP contribution in [0.4, 0.5) is 10.7 Å². The number of carbonyl (C=O) groups excluding carboxylic acids is 2. The summed E-state index contributed by atoms with van der Waals surface area (Å²) in [5.41, 5.74) is 0.976. The number of benzene rings is 1. The summed E-state index contributed by atoms with van der Waals surface area (Å²) in [6.07, 6.45) is -0.403. The van der Waals surface area contributed by atoms with Crippen LogP contribution in [0.3, 0.4) is 0 Å². The third-order valence-electron chi connectivity index (χ3n) is 3.50. The molecule has 0 saturated heterocycles. The number of para-hydroxylation sites is 2. The predicted molar refractivity (Wildman–Crippen MR) is 102 cm³/mol. The monoisotopic (exact) mass is 360 g/mol. The van der Waals surface area contributed by atoms with Crippen LogP contribution in [0.25, 0.3) is 11.0 Å². The number of alkyl carbamates (subject to hydrolysis) is 1. The second-order valence-electron chi connectivity index (χ2n) is 8.16. The summed E-state index contributed by atoms with van der Waals surface area (Å²) in [4.78, 5) is 28.4. The first-order valence-electron chi connectivity index (χ1n) is 8.72. The first kappa shape index (κ1) is 19.8. The number of imidazole rings is 1. The first-order valence-corrected chi connectivity index (χ1v) is 8.72. The fourth-order valence-corrected chi connectivity index (χ4v) is 2.57. The Morgan fingerprint density at radius 2 is 1.77 bits per heavy atom. The molecular weight excluding hydrogens is 332 g/mol. The number of fused-ring (bicyclic) bond motifs is 1. The van der Waals surface area contributed by atoms with Gasteiger partial charge in [0.05, 0.1) is 11.0 Å². The smallest absolute Gasteiger partial charge is 0.407 e. The van der Waals surface area contributed by atoms with Crippen LogP contribution in [0.5, 0.6) is 0 Å². The zero-order valence-corrected chi connectivity index (χ0v) is 16.3. The average molecular weight is 360 g/mol. The van der Waals surface area contributed by atoms with Gasteiger partial charge in [0, 0.05) is 18.5 Å². The highest BCUT2D eigenvalue weighted by Crippen LogP contribution is 2.27. The molecule has 0 aliphatic carbocycles. The van der Waals surface area contributed by atoms with Gasteiger partial charge in [-0.2, -0.15) is 0 Å². The topological polar surface area (TPSA) is 85.2 Å². The van der Waals surface area contributed by atoms with Gasteiger partial charge >= 0.3 is 6.09 Å². The maximum Gasteiger partial charge on any atom is 0.407 e. The Morgan fingerprint density at radius 3 is 2.38 bits per heavy atom. The maximum atomic E-state index is 12.3. The van der Waals surface area contributed by atoms with Gasteiger partial charge in [-0.05, 0) is 53.7 Å². The summed E-state index contributed by atoms with van der Waals surface area (Å²) >= 11 is 0. The van der Waals surface area contributed by atoms with Crippen LogP contribution < -0.4 is 10.6 Å². The van der Waals surface area contributed by atoms with Crippen LogP contribution in [0.15, 0.2) is 24.3 Å². The van der Waals surface area contributed by atoms with E-state index >= 15 is 0 Å². The minimum Gasteiger partial charge on any atom is -0.444 e. The zero-order valence-electron chi connectivity index (χ0n) is 16.3. The number of amides is 2. The maximum absolute atomic E-state index is 12.3. The minimum absolute atomic E-state index is 0.132. The van der Waals surface area contributed by atoms with Crippen molar-refractivity contribution in [2.45, 2.75) is 59.1 Å². The molecule has 0 bridgehead atoms. The van der Waals surface area contributed by atoms with Crippen LogP contribution in [0.2, 0.25) is 0 Å². The molecule has 0 fully saturated rings. The van der Waals surface area contributed by atoms with E-state index in [1.807, 2.05) is 28.8 Å². The van der Waals surface area contributed by atoms with Crippen molar-refractivity contribution in [3.05, 3.63) is 24.3 Å². The fraction of sp³-hybridized carbons (Fsp3) is 0.526. The lowest BCUT2D eigenvalue weighted by atomic mass is 10.1. The van der Waals surface area contributed by atoms with Gasteiger partial charge in [0.25, 0.3) is 0 Å². The van der Waals surface area contributed by atoms with Crippen molar-refractivity contribution in [1.82, 2.24) is 14.9 Å². The van der Waals surface area contributed by atoms with Gasteiger partial charge in [0.15, 0.2) is 0 Å². The Morgan fingerprint density at radius 1 is 1.12 bits per heavy atom. The van der Waals surface area contributed by atoms with Gasteiger partial charge in [0.2, 0.25) is 11.9 Å². The Bertz CT molecular complexity index is 797. The molecule has 0 aliphatic rings. The Balaban J connectivity index is 2.02. The lowest BCUT2D eigenvalue weighted by molar-refractivity contribution is -0.116. The van der Waals surface area contributed by atoms with Crippen molar-refractivity contribution in [1.29, 1.82) is 0 Å². The van der Waals surface area contributed by atoms with E-state index in [2.05, 4.69) is 36.4 Å². The molecule has 0 saturated carbocycles. The number of rotatable bonds is 4. The van der Waals surface area contributed by atoms with Crippen LogP contribution in [0, 0.1) is 0 Å². The number of hydrogen-bond acceptors (Lipinski definition) is 4. The van der Waals surface area contributed by atoms with E-state index in [4.69, 9.17) is 4.74 Å². The summed E-state index contributed by atoms with van der Waals surface area (Å²) in [5.74, 6) is 0.280. The van der Waals surface area contributed by atoms with Crippen molar-refractivity contribution >= 4 is 29.0 Å². The van der Waals surface area contributed by atoms with E-state index in [0.717, 1.165) is 11.0 Å². The highest BCUT2D eigenvalue weighted by atomic mass is 16.6. The van der Waals surface area contributed by atoms with Crippen molar-refractivity contribution in [3.8, 4) is 0 Å². The number of carbonyl (C=O) groups is 2. The van der Waals surface area contributed by atoms with Gasteiger partial charge < -0.3 is 14.6 Å². The number of anilines is 1. The zero-order chi connectivity index (χ0) is 19.5. The highest BCUT2D eigenvalue weighted by molar-refractivity contribution is 5.92. The van der Waals surface area contributed by atoms with E-state index in [9.17, 15) is 9.59 Å². The molecule has 1 aromatic carbocycles.